The summed E-state index contributed by atoms with van der Waals surface area (Å²) in [7, 11) is 0. The summed E-state index contributed by atoms with van der Waals surface area (Å²) in [6, 6.07) is 2.15. The summed E-state index contributed by atoms with van der Waals surface area (Å²) in [5.41, 5.74) is 1.37. The smallest absolute Gasteiger partial charge is 0.270 e. The number of piperidine rings is 1. The van der Waals surface area contributed by atoms with Gasteiger partial charge in [-0.2, -0.15) is 5.26 Å². The van der Waals surface area contributed by atoms with Crippen molar-refractivity contribution in [2.24, 2.45) is 11.8 Å². The van der Waals surface area contributed by atoms with Gasteiger partial charge in [0.2, 0.25) is 0 Å². The quantitative estimate of drug-likeness (QED) is 0.208. The first-order valence-corrected chi connectivity index (χ1v) is 14.6. The van der Waals surface area contributed by atoms with Crippen molar-refractivity contribution in [2.45, 2.75) is 86.1 Å². The van der Waals surface area contributed by atoms with Crippen LogP contribution >= 0.6 is 24.0 Å². The zero-order valence-electron chi connectivity index (χ0n) is 22.4. The first-order valence-electron chi connectivity index (χ1n) is 13.4. The van der Waals surface area contributed by atoms with E-state index in [0.717, 1.165) is 69.4 Å². The SMILES string of the molecule is CCCCCCN1C(=O)/C(=C\c2c(C)c(C#N)c(=O)n(CCCC)c2N2CC(C)CC(C)C2)SC1=S. The summed E-state index contributed by atoms with van der Waals surface area (Å²) in [5.74, 6) is 1.76. The topological polar surface area (TPSA) is 69.3 Å². The van der Waals surface area contributed by atoms with E-state index >= 15 is 0 Å². The number of carbonyl (C=O) groups is 1. The fourth-order valence-electron chi connectivity index (χ4n) is 5.36. The molecule has 6 nitrogen and oxygen atoms in total. The number of unbranched alkanes of at least 4 members (excludes halogenated alkanes) is 4. The lowest BCUT2D eigenvalue weighted by molar-refractivity contribution is -0.122. The molecule has 8 heteroatoms. The molecule has 3 heterocycles. The average molecular weight is 529 g/mol. The Hall–Kier alpha value is -2.11. The van der Waals surface area contributed by atoms with Crippen molar-refractivity contribution in [3.05, 3.63) is 31.9 Å². The van der Waals surface area contributed by atoms with Crippen molar-refractivity contribution in [1.82, 2.24) is 9.47 Å². The van der Waals surface area contributed by atoms with Crippen molar-refractivity contribution in [3.8, 4) is 6.07 Å². The number of rotatable bonds is 10. The van der Waals surface area contributed by atoms with Gasteiger partial charge in [-0.25, -0.2) is 0 Å². The minimum atomic E-state index is -0.232. The summed E-state index contributed by atoms with van der Waals surface area (Å²) < 4.78 is 2.37. The lowest BCUT2D eigenvalue weighted by atomic mass is 9.91. The van der Waals surface area contributed by atoms with Gasteiger partial charge in [-0.05, 0) is 49.7 Å². The summed E-state index contributed by atoms with van der Waals surface area (Å²) >= 11 is 6.90. The highest BCUT2D eigenvalue weighted by Crippen LogP contribution is 2.37. The molecule has 0 N–H and O–H groups in total. The fourth-order valence-corrected chi connectivity index (χ4v) is 6.66. The molecule has 0 aliphatic carbocycles. The van der Waals surface area contributed by atoms with Crippen LogP contribution in [0.3, 0.4) is 0 Å². The van der Waals surface area contributed by atoms with Crippen molar-refractivity contribution < 1.29 is 4.79 Å². The van der Waals surface area contributed by atoms with Gasteiger partial charge in [0.1, 0.15) is 21.8 Å². The minimum Gasteiger partial charge on any atom is -0.357 e. The number of carbonyl (C=O) groups excluding carboxylic acids is 1. The zero-order chi connectivity index (χ0) is 26.4. The van der Waals surface area contributed by atoms with Gasteiger partial charge in [0.15, 0.2) is 0 Å². The number of hydrogen-bond acceptors (Lipinski definition) is 6. The van der Waals surface area contributed by atoms with Gasteiger partial charge in [0, 0.05) is 31.7 Å². The van der Waals surface area contributed by atoms with Gasteiger partial charge in [0.05, 0.1) is 4.91 Å². The molecule has 2 atom stereocenters. The summed E-state index contributed by atoms with van der Waals surface area (Å²) in [5, 5.41) is 9.90. The van der Waals surface area contributed by atoms with E-state index in [0.29, 0.717) is 39.7 Å². The Morgan fingerprint density at radius 1 is 1.06 bits per heavy atom. The highest BCUT2D eigenvalue weighted by Gasteiger charge is 2.34. The molecule has 36 heavy (non-hydrogen) atoms. The summed E-state index contributed by atoms with van der Waals surface area (Å²) in [4.78, 5) is 31.4. The van der Waals surface area contributed by atoms with Crippen LogP contribution in [0.15, 0.2) is 9.70 Å². The van der Waals surface area contributed by atoms with Crippen LogP contribution in [0, 0.1) is 30.1 Å². The molecule has 1 amide bonds. The van der Waals surface area contributed by atoms with E-state index in [9.17, 15) is 14.9 Å². The molecule has 196 valence electrons. The van der Waals surface area contributed by atoms with Gasteiger partial charge in [0.25, 0.3) is 11.5 Å². The van der Waals surface area contributed by atoms with E-state index in [1.54, 1.807) is 9.47 Å². The maximum Gasteiger partial charge on any atom is 0.270 e. The second-order valence-corrected chi connectivity index (χ2v) is 12.1. The van der Waals surface area contributed by atoms with Crippen LogP contribution in [0.1, 0.15) is 89.3 Å². The van der Waals surface area contributed by atoms with Crippen LogP contribution in [0.25, 0.3) is 6.08 Å². The van der Waals surface area contributed by atoms with Gasteiger partial charge in [-0.1, -0.05) is 77.4 Å². The molecule has 0 radical (unpaired) electrons. The number of anilines is 1. The van der Waals surface area contributed by atoms with Crippen LogP contribution in [-0.4, -0.2) is 39.3 Å². The second kappa shape index (κ2) is 12.9. The van der Waals surface area contributed by atoms with E-state index in [1.807, 2.05) is 13.0 Å². The monoisotopic (exact) mass is 528 g/mol. The van der Waals surface area contributed by atoms with Crippen LogP contribution in [0.2, 0.25) is 0 Å². The van der Waals surface area contributed by atoms with Crippen LogP contribution in [-0.2, 0) is 11.3 Å². The van der Waals surface area contributed by atoms with E-state index in [4.69, 9.17) is 12.2 Å². The van der Waals surface area contributed by atoms with E-state index < -0.39 is 0 Å². The van der Waals surface area contributed by atoms with Gasteiger partial charge in [-0.3, -0.25) is 19.1 Å². The maximum absolute atomic E-state index is 13.5. The number of nitrogens with zero attached hydrogens (tertiary/aromatic N) is 4. The Morgan fingerprint density at radius 3 is 2.33 bits per heavy atom. The van der Waals surface area contributed by atoms with Crippen molar-refractivity contribution in [1.29, 1.82) is 5.26 Å². The molecule has 2 aliphatic heterocycles. The number of pyridine rings is 1. The molecular weight excluding hydrogens is 488 g/mol. The number of nitriles is 1. The van der Waals surface area contributed by atoms with Crippen LogP contribution in [0.5, 0.6) is 0 Å². The lowest BCUT2D eigenvalue weighted by Gasteiger charge is -2.39. The molecule has 1 aromatic heterocycles. The molecular formula is C28H40N4O2S2. The third-order valence-corrected chi connectivity index (χ3v) is 8.51. The predicted molar refractivity (Wildman–Crippen MR) is 154 cm³/mol. The molecule has 0 bridgehead atoms. The first-order chi connectivity index (χ1) is 17.2. The number of thiocarbonyl (C=S) groups is 1. The fraction of sp³-hybridized carbons (Fsp3) is 0.643. The lowest BCUT2D eigenvalue weighted by Crippen LogP contribution is -2.43. The summed E-state index contributed by atoms with van der Waals surface area (Å²) in [6.07, 6.45) is 9.13. The predicted octanol–water partition coefficient (Wildman–Crippen LogP) is 6.09. The molecule has 1 aromatic rings. The molecule has 3 rings (SSSR count). The maximum atomic E-state index is 13.5. The number of thioether (sulfide) groups is 1. The number of aromatic nitrogens is 1. The first kappa shape index (κ1) is 28.5. The molecule has 2 fully saturated rings. The van der Waals surface area contributed by atoms with E-state index in [1.165, 1.54) is 11.8 Å². The van der Waals surface area contributed by atoms with Crippen molar-refractivity contribution in [3.63, 3.8) is 0 Å². The minimum absolute atomic E-state index is 0.0722. The van der Waals surface area contributed by atoms with E-state index in [2.05, 4.69) is 38.7 Å². The molecule has 0 spiro atoms. The van der Waals surface area contributed by atoms with Crippen molar-refractivity contribution >= 4 is 46.1 Å². The molecule has 2 unspecified atom stereocenters. The van der Waals surface area contributed by atoms with Crippen molar-refractivity contribution in [2.75, 3.05) is 24.5 Å². The largest absolute Gasteiger partial charge is 0.357 e. The van der Waals surface area contributed by atoms with Crippen LogP contribution < -0.4 is 10.5 Å². The standard InChI is InChI=1S/C28H40N4O2S2/c1-6-8-10-11-13-32-27(34)24(36-28(32)35)15-22-21(5)23(16-29)26(33)31(12-9-7-2)25(22)30-17-19(3)14-20(4)18-30/h15,19-20H,6-14,17-18H2,1-5H3/b24-15+. The van der Waals surface area contributed by atoms with Gasteiger partial charge < -0.3 is 4.90 Å². The highest BCUT2D eigenvalue weighted by molar-refractivity contribution is 8.26. The molecule has 2 aliphatic rings. The third kappa shape index (κ3) is 6.23. The van der Waals surface area contributed by atoms with Gasteiger partial charge >= 0.3 is 0 Å². The Bertz CT molecular complexity index is 1110. The number of hydrogen-bond donors (Lipinski definition) is 0. The Kier molecular flexibility index (Phi) is 10.2. The summed E-state index contributed by atoms with van der Waals surface area (Å²) in [6.45, 7) is 13.5. The van der Waals surface area contributed by atoms with Gasteiger partial charge in [-0.15, -0.1) is 0 Å². The second-order valence-electron chi connectivity index (χ2n) is 10.4. The highest BCUT2D eigenvalue weighted by atomic mass is 32.2. The zero-order valence-corrected chi connectivity index (χ0v) is 24.1. The Balaban J connectivity index is 2.12. The Morgan fingerprint density at radius 2 is 1.72 bits per heavy atom. The van der Waals surface area contributed by atoms with Crippen LogP contribution in [0.4, 0.5) is 5.82 Å². The van der Waals surface area contributed by atoms with E-state index in [-0.39, 0.29) is 17.0 Å². The normalized spacial score (nSPS) is 21.5. The molecule has 0 saturated carbocycles. The molecule has 2 saturated heterocycles. The molecule has 0 aromatic carbocycles. The average Bonchev–Trinajstić information content (AvgIpc) is 3.09. The number of amides is 1. The third-order valence-electron chi connectivity index (χ3n) is 7.13. The Labute approximate surface area is 225 Å².